The number of benzene rings is 2. The number of fused-ring (bicyclic) bond motifs is 2. The van der Waals surface area contributed by atoms with Crippen molar-refractivity contribution < 1.29 is 44.7 Å². The van der Waals surface area contributed by atoms with Crippen LogP contribution in [-0.4, -0.2) is 79.8 Å². The lowest BCUT2D eigenvalue weighted by atomic mass is 9.51. The number of likely N-dealkylation sites (tertiary alicyclic amines) is 1. The molecule has 1 aliphatic heterocycles. The zero-order valence-electron chi connectivity index (χ0n) is 25.1. The van der Waals surface area contributed by atoms with Crippen LogP contribution < -0.4 is 10.5 Å². The predicted molar refractivity (Wildman–Crippen MR) is 160 cm³/mol. The normalized spacial score (nSPS) is 28.9. The van der Waals surface area contributed by atoms with E-state index in [-0.39, 0.29) is 17.6 Å². The molecule has 1 amide bonds. The third-order valence-electron chi connectivity index (χ3n) is 10.1. The quantitative estimate of drug-likeness (QED) is 0.118. The Kier molecular flexibility index (Phi) is 7.86. The molecule has 234 valence electrons. The van der Waals surface area contributed by atoms with E-state index in [0.29, 0.717) is 23.4 Å². The van der Waals surface area contributed by atoms with Crippen molar-refractivity contribution in [2.45, 2.75) is 57.8 Å². The summed E-state index contributed by atoms with van der Waals surface area (Å²) in [6.45, 7) is 7.20. The maximum absolute atomic E-state index is 14.3. The Morgan fingerprint density at radius 3 is 2.39 bits per heavy atom. The molecule has 5 rings (SSSR count). The van der Waals surface area contributed by atoms with Gasteiger partial charge in [0.2, 0.25) is 5.78 Å². The van der Waals surface area contributed by atoms with E-state index in [1.165, 1.54) is 13.0 Å². The number of nitrogens with zero attached hydrogens (tertiary/aromatic N) is 1. The van der Waals surface area contributed by atoms with Gasteiger partial charge in [0.15, 0.2) is 11.4 Å². The van der Waals surface area contributed by atoms with Crippen molar-refractivity contribution in [2.24, 2.45) is 17.1 Å². The molecular formula is C33H38N2O9. The molecular weight excluding hydrogens is 568 g/mol. The number of phenols is 1. The van der Waals surface area contributed by atoms with Gasteiger partial charge in [0.05, 0.1) is 30.6 Å². The molecule has 11 nitrogen and oxygen atoms in total. The Morgan fingerprint density at radius 1 is 1.14 bits per heavy atom. The highest BCUT2D eigenvalue weighted by molar-refractivity contribution is 6.23. The van der Waals surface area contributed by atoms with Crippen LogP contribution in [0.3, 0.4) is 0 Å². The highest BCUT2D eigenvalue weighted by atomic mass is 16.5. The van der Waals surface area contributed by atoms with Crippen LogP contribution in [0.5, 0.6) is 11.5 Å². The Morgan fingerprint density at radius 2 is 1.80 bits per heavy atom. The average Bonchev–Trinajstić information content (AvgIpc) is 3.51. The molecule has 2 aliphatic carbocycles. The summed E-state index contributed by atoms with van der Waals surface area (Å²) in [7, 11) is 1.60. The summed E-state index contributed by atoms with van der Waals surface area (Å²) < 4.78 is 5.63. The monoisotopic (exact) mass is 606 g/mol. The lowest BCUT2D eigenvalue weighted by molar-refractivity contribution is -0.154. The number of carbonyl (C=O) groups excluding carboxylic acids is 3. The molecule has 0 bridgehead atoms. The Balaban J connectivity index is 1.72. The summed E-state index contributed by atoms with van der Waals surface area (Å²) in [5.41, 5.74) is 1.80. The van der Waals surface area contributed by atoms with Crippen LogP contribution >= 0.6 is 0 Å². The number of carbonyl (C=O) groups is 3. The summed E-state index contributed by atoms with van der Waals surface area (Å²) in [5, 5.41) is 55.4. The van der Waals surface area contributed by atoms with Crippen molar-refractivity contribution in [1.82, 2.24) is 4.90 Å². The van der Waals surface area contributed by atoms with E-state index >= 15 is 0 Å². The molecule has 1 heterocycles. The molecule has 5 atom stereocenters. The van der Waals surface area contributed by atoms with Crippen molar-refractivity contribution in [3.05, 3.63) is 70.2 Å². The Labute approximate surface area is 254 Å². The number of primary amides is 1. The number of ketones is 2. The molecule has 0 unspecified atom stereocenters. The molecule has 0 spiro atoms. The van der Waals surface area contributed by atoms with Crippen LogP contribution in [0.15, 0.2) is 53.5 Å². The molecule has 44 heavy (non-hydrogen) atoms. The van der Waals surface area contributed by atoms with Crippen molar-refractivity contribution in [1.29, 1.82) is 0 Å². The fourth-order valence-corrected chi connectivity index (χ4v) is 7.36. The number of amides is 1. The van der Waals surface area contributed by atoms with E-state index in [2.05, 4.69) is 4.90 Å². The standard InChI is InChI=1S/C33H38N2O9/c1-16-24-20(18-7-10-23(44-4)19(13-18)14-35-11-5-6-12-35)8-9-22(37)25(24)27(38)26-30(41)33(43,17(2)28(39)32(16,26)3)29(40)21(15-36)31(34)42/h7-10,13,15-17,28,36-37,39,41,43H,5-6,11-12,14H2,1-4H3,(H2,34,42)/b21-15-/t16-,17-,28+,32+,33+/m0/s1. The van der Waals surface area contributed by atoms with Crippen LogP contribution in [0.4, 0.5) is 0 Å². The average molecular weight is 607 g/mol. The number of rotatable bonds is 7. The summed E-state index contributed by atoms with van der Waals surface area (Å²) in [4.78, 5) is 41.8. The molecule has 1 saturated heterocycles. The minimum Gasteiger partial charge on any atom is -0.515 e. The van der Waals surface area contributed by atoms with E-state index < -0.39 is 63.3 Å². The van der Waals surface area contributed by atoms with E-state index in [1.54, 1.807) is 27.0 Å². The number of methoxy groups -OCH3 is 1. The van der Waals surface area contributed by atoms with Gasteiger partial charge in [-0.15, -0.1) is 0 Å². The van der Waals surface area contributed by atoms with Gasteiger partial charge in [-0.05, 0) is 66.7 Å². The SMILES string of the molecule is COc1ccc(-c2ccc(O)c3c2[C@H](C)[C@]2(C)C(=C(O)[C@](O)(C(=O)/C(=C/O)C(N)=O)[C@@H](C)[C@H]2O)C3=O)cc1CN1CCCC1. The number of Topliss-reactive ketones (excluding diaryl/α,β-unsaturated/α-hetero) is 2. The molecule has 0 saturated carbocycles. The van der Waals surface area contributed by atoms with Gasteiger partial charge in [-0.3, -0.25) is 19.3 Å². The minimum absolute atomic E-state index is 0.110. The molecule has 1 fully saturated rings. The molecule has 7 N–H and O–H groups in total. The second-order valence-corrected chi connectivity index (χ2v) is 12.2. The number of aromatic hydroxyl groups is 1. The third-order valence-corrected chi connectivity index (χ3v) is 10.1. The van der Waals surface area contributed by atoms with E-state index in [9.17, 15) is 39.9 Å². The highest BCUT2D eigenvalue weighted by Gasteiger charge is 2.65. The summed E-state index contributed by atoms with van der Waals surface area (Å²) >= 11 is 0. The number of ether oxygens (including phenoxy) is 1. The van der Waals surface area contributed by atoms with Gasteiger partial charge in [0.1, 0.15) is 22.8 Å². The van der Waals surface area contributed by atoms with Crippen LogP contribution in [0, 0.1) is 11.3 Å². The van der Waals surface area contributed by atoms with Crippen LogP contribution in [0.25, 0.3) is 11.1 Å². The van der Waals surface area contributed by atoms with Gasteiger partial charge in [0.25, 0.3) is 5.91 Å². The largest absolute Gasteiger partial charge is 0.515 e. The van der Waals surface area contributed by atoms with Crippen molar-refractivity contribution in [3.63, 3.8) is 0 Å². The van der Waals surface area contributed by atoms with Gasteiger partial charge in [-0.2, -0.15) is 0 Å². The van der Waals surface area contributed by atoms with E-state index in [0.717, 1.165) is 37.1 Å². The van der Waals surface area contributed by atoms with Crippen LogP contribution in [0.2, 0.25) is 0 Å². The molecule has 3 aliphatic rings. The molecule has 0 aromatic heterocycles. The van der Waals surface area contributed by atoms with E-state index in [1.807, 2.05) is 18.2 Å². The van der Waals surface area contributed by atoms with Gasteiger partial charge >= 0.3 is 0 Å². The first-order valence-corrected chi connectivity index (χ1v) is 14.6. The first kappa shape index (κ1) is 31.2. The first-order valence-electron chi connectivity index (χ1n) is 14.6. The smallest absolute Gasteiger partial charge is 0.255 e. The molecule has 11 heteroatoms. The zero-order chi connectivity index (χ0) is 32.3. The number of hydrogen-bond acceptors (Lipinski definition) is 10. The van der Waals surface area contributed by atoms with Gasteiger partial charge in [-0.1, -0.05) is 32.9 Å². The molecule has 0 radical (unpaired) electrons. The predicted octanol–water partition coefficient (Wildman–Crippen LogP) is 3.02. The maximum Gasteiger partial charge on any atom is 0.255 e. The highest BCUT2D eigenvalue weighted by Crippen LogP contribution is 2.60. The van der Waals surface area contributed by atoms with Gasteiger partial charge in [-0.25, -0.2) is 0 Å². The fourth-order valence-electron chi connectivity index (χ4n) is 7.36. The summed E-state index contributed by atoms with van der Waals surface area (Å²) in [5.74, 6) is -6.68. The number of aliphatic hydroxyl groups excluding tert-OH is 3. The summed E-state index contributed by atoms with van der Waals surface area (Å²) in [6, 6.07) is 8.74. The molecule has 2 aromatic rings. The fraction of sp³-hybridized carbons (Fsp3) is 0.424. The maximum atomic E-state index is 14.3. The van der Waals surface area contributed by atoms with Crippen molar-refractivity contribution in [3.8, 4) is 22.6 Å². The second kappa shape index (κ2) is 11.1. The van der Waals surface area contributed by atoms with E-state index in [4.69, 9.17) is 10.5 Å². The number of hydrogen-bond donors (Lipinski definition) is 6. The molecule has 2 aromatic carbocycles. The topological polar surface area (TPSA) is 191 Å². The minimum atomic E-state index is -2.97. The lowest BCUT2D eigenvalue weighted by Crippen LogP contribution is -2.63. The Hall–Kier alpha value is -4.19. The number of nitrogens with two attached hydrogens (primary N) is 1. The van der Waals surface area contributed by atoms with Gasteiger partial charge < -0.3 is 36.0 Å². The second-order valence-electron chi connectivity index (χ2n) is 12.2. The zero-order valence-corrected chi connectivity index (χ0v) is 25.1. The van der Waals surface area contributed by atoms with Crippen LogP contribution in [-0.2, 0) is 16.1 Å². The van der Waals surface area contributed by atoms with Crippen molar-refractivity contribution >= 4 is 17.5 Å². The summed E-state index contributed by atoms with van der Waals surface area (Å²) in [6.07, 6.45) is 0.740. The number of aliphatic hydroxyl groups is 4. The van der Waals surface area contributed by atoms with Gasteiger partial charge in [0, 0.05) is 23.4 Å². The lowest BCUT2D eigenvalue weighted by Gasteiger charge is -2.54. The number of phenolic OH excluding ortho intramolecular Hbond substituents is 1. The van der Waals surface area contributed by atoms with Crippen molar-refractivity contribution in [2.75, 3.05) is 20.2 Å². The van der Waals surface area contributed by atoms with Crippen LogP contribution in [0.1, 0.15) is 61.0 Å². The Bertz CT molecular complexity index is 1620. The third kappa shape index (κ3) is 4.33. The first-order chi connectivity index (χ1) is 20.7.